The number of amides is 1. The highest BCUT2D eigenvalue weighted by atomic mass is 16.5. The number of anilines is 3. The Hall–Kier alpha value is -3.81. The molecular formula is C30H36N6O2. The van der Waals surface area contributed by atoms with Gasteiger partial charge in [0.05, 0.1) is 19.3 Å². The Balaban J connectivity index is 1.25. The lowest BCUT2D eigenvalue weighted by molar-refractivity contribution is 0.0733. The molecule has 3 aliphatic rings. The maximum Gasteiger partial charge on any atom is 0.254 e. The number of hydrogen-bond acceptors (Lipinski definition) is 7. The minimum Gasteiger partial charge on any atom is -0.497 e. The second-order valence-corrected chi connectivity index (χ2v) is 10.3. The van der Waals surface area contributed by atoms with Gasteiger partial charge in [-0.15, -0.1) is 0 Å². The van der Waals surface area contributed by atoms with Gasteiger partial charge in [-0.3, -0.25) is 4.79 Å². The zero-order chi connectivity index (χ0) is 25.9. The molecular weight excluding hydrogens is 476 g/mol. The summed E-state index contributed by atoms with van der Waals surface area (Å²) in [5.74, 6) is 2.59. The van der Waals surface area contributed by atoms with Gasteiger partial charge < -0.3 is 24.3 Å². The molecule has 2 aromatic carbocycles. The Labute approximate surface area is 224 Å². The summed E-state index contributed by atoms with van der Waals surface area (Å²) >= 11 is 0. The second kappa shape index (κ2) is 10.9. The zero-order valence-corrected chi connectivity index (χ0v) is 22.2. The van der Waals surface area contributed by atoms with Crippen molar-refractivity contribution in [2.45, 2.75) is 32.2 Å². The maximum atomic E-state index is 13.4. The van der Waals surface area contributed by atoms with Crippen molar-refractivity contribution < 1.29 is 9.53 Å². The highest BCUT2D eigenvalue weighted by Gasteiger charge is 2.30. The molecule has 3 aromatic rings. The zero-order valence-electron chi connectivity index (χ0n) is 22.2. The Morgan fingerprint density at radius 1 is 0.789 bits per heavy atom. The fraction of sp³-hybridized carbons (Fsp3) is 0.433. The first-order valence-corrected chi connectivity index (χ1v) is 13.8. The van der Waals surface area contributed by atoms with Crippen LogP contribution < -0.4 is 19.4 Å². The number of benzene rings is 2. The fourth-order valence-electron chi connectivity index (χ4n) is 5.81. The minimum atomic E-state index is 0.0280. The van der Waals surface area contributed by atoms with Crippen LogP contribution in [0.15, 0.2) is 54.6 Å². The third kappa shape index (κ3) is 4.99. The quantitative estimate of drug-likeness (QED) is 0.512. The first-order valence-electron chi connectivity index (χ1n) is 13.8. The van der Waals surface area contributed by atoms with Gasteiger partial charge in [0.25, 0.3) is 5.91 Å². The molecule has 6 rings (SSSR count). The van der Waals surface area contributed by atoms with Gasteiger partial charge in [-0.2, -0.15) is 4.98 Å². The average molecular weight is 513 g/mol. The molecule has 0 bridgehead atoms. The van der Waals surface area contributed by atoms with Crippen LogP contribution in [0.2, 0.25) is 0 Å². The monoisotopic (exact) mass is 512 g/mol. The van der Waals surface area contributed by atoms with E-state index in [9.17, 15) is 4.79 Å². The third-order valence-corrected chi connectivity index (χ3v) is 7.97. The molecule has 38 heavy (non-hydrogen) atoms. The van der Waals surface area contributed by atoms with Crippen molar-refractivity contribution in [2.75, 3.05) is 67.6 Å². The number of methoxy groups -OCH3 is 1. The molecule has 2 saturated heterocycles. The van der Waals surface area contributed by atoms with E-state index in [0.29, 0.717) is 24.4 Å². The number of carbonyl (C=O) groups is 1. The van der Waals surface area contributed by atoms with Crippen molar-refractivity contribution in [1.82, 2.24) is 14.9 Å². The Morgan fingerprint density at radius 2 is 1.55 bits per heavy atom. The van der Waals surface area contributed by atoms with Crippen molar-refractivity contribution >= 4 is 23.4 Å². The van der Waals surface area contributed by atoms with Crippen molar-refractivity contribution in [2.24, 2.45) is 0 Å². The molecule has 0 atom stereocenters. The van der Waals surface area contributed by atoms with Crippen molar-refractivity contribution in [3.05, 3.63) is 71.4 Å². The van der Waals surface area contributed by atoms with Gasteiger partial charge in [-0.25, -0.2) is 4.98 Å². The number of hydrogen-bond donors (Lipinski definition) is 0. The topological polar surface area (TPSA) is 65.0 Å². The molecule has 0 saturated carbocycles. The van der Waals surface area contributed by atoms with E-state index in [1.807, 2.05) is 29.2 Å². The predicted octanol–water partition coefficient (Wildman–Crippen LogP) is 4.00. The molecule has 2 fully saturated rings. The summed E-state index contributed by atoms with van der Waals surface area (Å²) in [5, 5.41) is 0. The number of piperidine rings is 1. The summed E-state index contributed by atoms with van der Waals surface area (Å²) in [6.45, 7) is 6.91. The summed E-state index contributed by atoms with van der Waals surface area (Å²) in [7, 11) is 1.63. The van der Waals surface area contributed by atoms with Gasteiger partial charge >= 0.3 is 0 Å². The number of para-hydroxylation sites is 1. The second-order valence-electron chi connectivity index (χ2n) is 10.3. The van der Waals surface area contributed by atoms with Crippen LogP contribution >= 0.6 is 0 Å². The lowest BCUT2D eigenvalue weighted by atomic mass is 10.0. The molecule has 3 aliphatic heterocycles. The molecule has 0 N–H and O–H groups in total. The smallest absolute Gasteiger partial charge is 0.254 e. The molecule has 0 spiro atoms. The van der Waals surface area contributed by atoms with E-state index in [1.165, 1.54) is 24.9 Å². The largest absolute Gasteiger partial charge is 0.497 e. The van der Waals surface area contributed by atoms with E-state index in [1.54, 1.807) is 7.11 Å². The van der Waals surface area contributed by atoms with Gasteiger partial charge in [0.15, 0.2) is 0 Å². The molecule has 0 aliphatic carbocycles. The van der Waals surface area contributed by atoms with E-state index >= 15 is 0 Å². The van der Waals surface area contributed by atoms with Crippen LogP contribution in [-0.4, -0.2) is 73.7 Å². The lowest BCUT2D eigenvalue weighted by Gasteiger charge is -2.38. The van der Waals surface area contributed by atoms with Crippen molar-refractivity contribution in [3.63, 3.8) is 0 Å². The number of carbonyl (C=O) groups excluding carboxylic acids is 1. The summed E-state index contributed by atoms with van der Waals surface area (Å²) in [5.41, 5.74) is 4.13. The molecule has 1 amide bonds. The third-order valence-electron chi connectivity index (χ3n) is 7.97. The maximum absolute atomic E-state index is 13.4. The Morgan fingerprint density at radius 3 is 2.32 bits per heavy atom. The molecule has 8 nitrogen and oxygen atoms in total. The highest BCUT2D eigenvalue weighted by molar-refractivity contribution is 5.94. The fourth-order valence-corrected chi connectivity index (χ4v) is 5.81. The Kier molecular flexibility index (Phi) is 7.03. The molecule has 1 aromatic heterocycles. The number of rotatable bonds is 5. The molecule has 0 unspecified atom stereocenters. The molecule has 0 radical (unpaired) electrons. The molecule has 8 heteroatoms. The van der Waals surface area contributed by atoms with Gasteiger partial charge in [0.1, 0.15) is 11.6 Å². The van der Waals surface area contributed by atoms with E-state index in [0.717, 1.165) is 68.7 Å². The van der Waals surface area contributed by atoms with E-state index in [-0.39, 0.29) is 5.91 Å². The van der Waals surface area contributed by atoms with Crippen LogP contribution in [0, 0.1) is 0 Å². The van der Waals surface area contributed by atoms with Crippen molar-refractivity contribution in [3.8, 4) is 5.75 Å². The van der Waals surface area contributed by atoms with Crippen LogP contribution in [0.25, 0.3) is 0 Å². The van der Waals surface area contributed by atoms with Crippen LogP contribution in [-0.2, 0) is 13.0 Å². The SMILES string of the molecule is COc1cccc(C(=O)N2CCc3nc(N4CCN(c5ccccc5)CC4)nc(N4CCCCC4)c3C2)c1. The number of ether oxygens (including phenoxy) is 1. The summed E-state index contributed by atoms with van der Waals surface area (Å²) in [6.07, 6.45) is 4.36. The standard InChI is InChI=1S/C30H36N6O2/c1-38-25-12-8-9-23(21-25)29(37)36-16-13-27-26(22-36)28(34-14-6-3-7-15-34)32-30(31-27)35-19-17-33(18-20-35)24-10-4-2-5-11-24/h2,4-5,8-12,21H,3,6-7,13-20,22H2,1H3. The highest BCUT2D eigenvalue weighted by Crippen LogP contribution is 2.32. The molecule has 198 valence electrons. The number of piperazine rings is 1. The van der Waals surface area contributed by atoms with Gasteiger partial charge in [-0.1, -0.05) is 24.3 Å². The average Bonchev–Trinajstić information content (AvgIpc) is 3.01. The van der Waals surface area contributed by atoms with Crippen LogP contribution in [0.4, 0.5) is 17.5 Å². The first kappa shape index (κ1) is 24.5. The summed E-state index contributed by atoms with van der Waals surface area (Å²) < 4.78 is 5.34. The van der Waals surface area contributed by atoms with Gasteiger partial charge in [-0.05, 0) is 49.6 Å². The summed E-state index contributed by atoms with van der Waals surface area (Å²) in [6, 6.07) is 18.0. The van der Waals surface area contributed by atoms with Gasteiger partial charge in [0.2, 0.25) is 5.95 Å². The lowest BCUT2D eigenvalue weighted by Crippen LogP contribution is -2.47. The van der Waals surface area contributed by atoms with E-state index in [2.05, 4.69) is 45.0 Å². The van der Waals surface area contributed by atoms with Crippen molar-refractivity contribution in [1.29, 1.82) is 0 Å². The summed E-state index contributed by atoms with van der Waals surface area (Å²) in [4.78, 5) is 32.8. The van der Waals surface area contributed by atoms with Crippen LogP contribution in [0.1, 0.15) is 40.9 Å². The van der Waals surface area contributed by atoms with E-state index < -0.39 is 0 Å². The number of aromatic nitrogens is 2. The number of nitrogens with zero attached hydrogens (tertiary/aromatic N) is 6. The van der Waals surface area contributed by atoms with Gasteiger partial charge in [0, 0.05) is 69.0 Å². The molecule has 4 heterocycles. The van der Waals surface area contributed by atoms with E-state index in [4.69, 9.17) is 14.7 Å². The predicted molar refractivity (Wildman–Crippen MR) is 150 cm³/mol. The normalized spacial score (nSPS) is 17.8. The van der Waals surface area contributed by atoms with Crippen LogP contribution in [0.3, 0.4) is 0 Å². The van der Waals surface area contributed by atoms with Crippen LogP contribution in [0.5, 0.6) is 5.75 Å². The minimum absolute atomic E-state index is 0.0280. The Bertz CT molecular complexity index is 1270. The number of fused-ring (bicyclic) bond motifs is 1. The first-order chi connectivity index (χ1) is 18.7.